The molecule has 1 atom stereocenters. The van der Waals surface area contributed by atoms with Crippen LogP contribution in [0.2, 0.25) is 0 Å². The maximum absolute atomic E-state index is 12.2. The smallest absolute Gasteiger partial charge is 0.320 e. The third-order valence-electron chi connectivity index (χ3n) is 4.43. The molecule has 1 saturated heterocycles. The minimum absolute atomic E-state index is 0.00893. The van der Waals surface area contributed by atoms with Gasteiger partial charge in [0.25, 0.3) is 0 Å². The Morgan fingerprint density at radius 2 is 2.06 bits per heavy atom. The Bertz CT molecular complexity index is 299. The summed E-state index contributed by atoms with van der Waals surface area (Å²) >= 11 is 0. The van der Waals surface area contributed by atoms with Crippen LogP contribution in [-0.2, 0) is 0 Å². The molecule has 0 aromatic carbocycles. The number of rotatable bonds is 4. The summed E-state index contributed by atoms with van der Waals surface area (Å²) in [5.41, 5.74) is -0.00893. The molecule has 2 amide bonds. The first-order valence-corrected chi connectivity index (χ1v) is 6.65. The van der Waals surface area contributed by atoms with Crippen molar-refractivity contribution in [2.24, 2.45) is 5.92 Å². The fourth-order valence-corrected chi connectivity index (χ4v) is 2.77. The number of carbonyl (C=O) groups is 1. The van der Waals surface area contributed by atoms with Crippen molar-refractivity contribution < 1.29 is 4.79 Å². The van der Waals surface area contributed by atoms with Gasteiger partial charge in [-0.15, -0.1) is 0 Å². The summed E-state index contributed by atoms with van der Waals surface area (Å²) in [6, 6.07) is 0.647. The number of hydrogen-bond donors (Lipinski definition) is 1. The molecule has 2 rings (SSSR count). The SMILES string of the molecule is CNC(C)(C)CN1CC(C2CCC2)N(C)C1=O. The Morgan fingerprint density at radius 3 is 2.53 bits per heavy atom. The number of hydrogen-bond acceptors (Lipinski definition) is 2. The molecule has 17 heavy (non-hydrogen) atoms. The van der Waals surface area contributed by atoms with E-state index in [1.807, 2.05) is 23.9 Å². The number of urea groups is 1. The largest absolute Gasteiger partial charge is 0.323 e. The highest BCUT2D eigenvalue weighted by Crippen LogP contribution is 2.35. The Morgan fingerprint density at radius 1 is 1.41 bits per heavy atom. The fraction of sp³-hybridized carbons (Fsp3) is 0.923. The lowest BCUT2D eigenvalue weighted by molar-refractivity contribution is 0.163. The van der Waals surface area contributed by atoms with Crippen molar-refractivity contribution in [1.29, 1.82) is 0 Å². The van der Waals surface area contributed by atoms with Gasteiger partial charge in [0.2, 0.25) is 0 Å². The normalized spacial score (nSPS) is 26.6. The molecule has 2 fully saturated rings. The summed E-state index contributed by atoms with van der Waals surface area (Å²) in [6.07, 6.45) is 3.93. The molecule has 1 saturated carbocycles. The summed E-state index contributed by atoms with van der Waals surface area (Å²) in [5.74, 6) is 0.742. The van der Waals surface area contributed by atoms with E-state index in [-0.39, 0.29) is 11.6 Å². The lowest BCUT2D eigenvalue weighted by atomic mass is 9.79. The van der Waals surface area contributed by atoms with Gasteiger partial charge < -0.3 is 15.1 Å². The summed E-state index contributed by atoms with van der Waals surface area (Å²) in [4.78, 5) is 16.1. The molecule has 1 N–H and O–H groups in total. The van der Waals surface area contributed by atoms with Crippen LogP contribution in [0.25, 0.3) is 0 Å². The van der Waals surface area contributed by atoms with E-state index >= 15 is 0 Å². The maximum Gasteiger partial charge on any atom is 0.320 e. The first kappa shape index (κ1) is 12.7. The molecule has 0 aromatic rings. The molecule has 2 aliphatic rings. The molecular weight excluding hydrogens is 214 g/mol. The summed E-state index contributed by atoms with van der Waals surface area (Å²) in [6.45, 7) is 5.97. The fourth-order valence-electron chi connectivity index (χ4n) is 2.77. The van der Waals surface area contributed by atoms with Gasteiger partial charge in [-0.2, -0.15) is 0 Å². The van der Waals surface area contributed by atoms with Crippen LogP contribution in [0.5, 0.6) is 0 Å². The van der Waals surface area contributed by atoms with E-state index in [9.17, 15) is 4.79 Å². The predicted molar refractivity (Wildman–Crippen MR) is 69.0 cm³/mol. The van der Waals surface area contributed by atoms with Crippen molar-refractivity contribution in [3.8, 4) is 0 Å². The molecule has 0 aromatic heterocycles. The molecule has 0 bridgehead atoms. The first-order valence-electron chi connectivity index (χ1n) is 6.65. The van der Waals surface area contributed by atoms with Crippen LogP contribution in [-0.4, -0.2) is 54.6 Å². The van der Waals surface area contributed by atoms with Crippen LogP contribution in [0.3, 0.4) is 0 Å². The Labute approximate surface area is 104 Å². The quantitative estimate of drug-likeness (QED) is 0.807. The molecule has 98 valence electrons. The minimum Gasteiger partial charge on any atom is -0.323 e. The first-order chi connectivity index (χ1) is 7.94. The third kappa shape index (κ3) is 2.41. The molecule has 0 spiro atoms. The second-order valence-corrected chi connectivity index (χ2v) is 6.17. The molecule has 1 unspecified atom stereocenters. The molecular formula is C13H25N3O. The molecule has 4 heteroatoms. The third-order valence-corrected chi connectivity index (χ3v) is 4.43. The van der Waals surface area contributed by atoms with Gasteiger partial charge in [0.05, 0.1) is 6.04 Å². The highest BCUT2D eigenvalue weighted by atomic mass is 16.2. The van der Waals surface area contributed by atoms with Crippen molar-refractivity contribution >= 4 is 6.03 Å². The van der Waals surface area contributed by atoms with Crippen LogP contribution < -0.4 is 5.32 Å². The average Bonchev–Trinajstić information content (AvgIpc) is 2.44. The highest BCUT2D eigenvalue weighted by Gasteiger charge is 2.42. The van der Waals surface area contributed by atoms with Crippen molar-refractivity contribution in [3.63, 3.8) is 0 Å². The van der Waals surface area contributed by atoms with E-state index in [1.54, 1.807) is 0 Å². The summed E-state index contributed by atoms with van der Waals surface area (Å²) < 4.78 is 0. The van der Waals surface area contributed by atoms with Crippen LogP contribution in [0, 0.1) is 5.92 Å². The number of likely N-dealkylation sites (N-methyl/N-ethyl adjacent to an activating group) is 2. The number of amides is 2. The Kier molecular flexibility index (Phi) is 3.34. The number of nitrogens with one attached hydrogen (secondary N) is 1. The highest BCUT2D eigenvalue weighted by molar-refractivity contribution is 5.77. The monoisotopic (exact) mass is 239 g/mol. The van der Waals surface area contributed by atoms with Gasteiger partial charge in [-0.25, -0.2) is 4.79 Å². The van der Waals surface area contributed by atoms with Crippen molar-refractivity contribution in [3.05, 3.63) is 0 Å². The average molecular weight is 239 g/mol. The lowest BCUT2D eigenvalue weighted by Gasteiger charge is -2.34. The van der Waals surface area contributed by atoms with Gasteiger partial charge in [-0.1, -0.05) is 6.42 Å². The van der Waals surface area contributed by atoms with Gasteiger partial charge in [-0.05, 0) is 39.7 Å². The van der Waals surface area contributed by atoms with Crippen LogP contribution in [0.4, 0.5) is 4.79 Å². The lowest BCUT2D eigenvalue weighted by Crippen LogP contribution is -2.48. The van der Waals surface area contributed by atoms with Crippen molar-refractivity contribution in [2.75, 3.05) is 27.2 Å². The Hall–Kier alpha value is -0.770. The molecule has 1 aliphatic heterocycles. The minimum atomic E-state index is -0.00893. The van der Waals surface area contributed by atoms with Crippen LogP contribution in [0.1, 0.15) is 33.1 Å². The van der Waals surface area contributed by atoms with E-state index in [0.717, 1.165) is 19.0 Å². The zero-order valence-electron chi connectivity index (χ0n) is 11.5. The van der Waals surface area contributed by atoms with E-state index in [2.05, 4.69) is 19.2 Å². The van der Waals surface area contributed by atoms with Gasteiger partial charge in [0.15, 0.2) is 0 Å². The predicted octanol–water partition coefficient (Wildman–Crippen LogP) is 1.52. The second-order valence-electron chi connectivity index (χ2n) is 6.17. The number of nitrogens with zero attached hydrogens (tertiary/aromatic N) is 2. The zero-order chi connectivity index (χ0) is 12.6. The maximum atomic E-state index is 12.2. The van der Waals surface area contributed by atoms with Gasteiger partial charge in [-0.3, -0.25) is 0 Å². The topological polar surface area (TPSA) is 35.6 Å². The summed E-state index contributed by atoms with van der Waals surface area (Å²) in [5, 5.41) is 3.26. The molecule has 1 heterocycles. The Balaban J connectivity index is 1.98. The van der Waals surface area contributed by atoms with Gasteiger partial charge in [0, 0.05) is 25.7 Å². The molecule has 0 radical (unpaired) electrons. The zero-order valence-corrected chi connectivity index (χ0v) is 11.5. The van der Waals surface area contributed by atoms with Crippen LogP contribution >= 0.6 is 0 Å². The standard InChI is InChI=1S/C13H25N3O/c1-13(2,14-3)9-16-8-11(10-6-5-7-10)15(4)12(16)17/h10-11,14H,5-9H2,1-4H3. The summed E-state index contributed by atoms with van der Waals surface area (Å²) in [7, 11) is 3.91. The van der Waals surface area contributed by atoms with E-state index in [0.29, 0.717) is 6.04 Å². The van der Waals surface area contributed by atoms with Crippen molar-refractivity contribution in [2.45, 2.75) is 44.7 Å². The van der Waals surface area contributed by atoms with Crippen LogP contribution in [0.15, 0.2) is 0 Å². The van der Waals surface area contributed by atoms with Crippen molar-refractivity contribution in [1.82, 2.24) is 15.1 Å². The molecule has 4 nitrogen and oxygen atoms in total. The van der Waals surface area contributed by atoms with E-state index in [1.165, 1.54) is 19.3 Å². The second kappa shape index (κ2) is 4.48. The molecule has 1 aliphatic carbocycles. The van der Waals surface area contributed by atoms with E-state index in [4.69, 9.17) is 0 Å². The van der Waals surface area contributed by atoms with E-state index < -0.39 is 0 Å². The van der Waals surface area contributed by atoms with Gasteiger partial charge >= 0.3 is 6.03 Å². The number of carbonyl (C=O) groups excluding carboxylic acids is 1. The van der Waals surface area contributed by atoms with Gasteiger partial charge in [0.1, 0.15) is 0 Å².